The quantitative estimate of drug-likeness (QED) is 0.898. The summed E-state index contributed by atoms with van der Waals surface area (Å²) in [6, 6.07) is 5.59. The third-order valence-corrected chi connectivity index (χ3v) is 3.86. The van der Waals surface area contributed by atoms with Gasteiger partial charge >= 0.3 is 0 Å². The zero-order chi connectivity index (χ0) is 13.7. The summed E-state index contributed by atoms with van der Waals surface area (Å²) in [5.41, 5.74) is 0.931. The molecule has 3 nitrogen and oxygen atoms in total. The fourth-order valence-corrected chi connectivity index (χ4v) is 2.82. The predicted molar refractivity (Wildman–Crippen MR) is 78.5 cm³/mol. The fraction of sp³-hybridized carbons (Fsp3) is 0.571. The van der Waals surface area contributed by atoms with E-state index in [0.717, 1.165) is 42.0 Å². The van der Waals surface area contributed by atoms with Gasteiger partial charge in [-0.3, -0.25) is 4.90 Å². The Kier molecular flexibility index (Phi) is 5.60. The van der Waals surface area contributed by atoms with Crippen LogP contribution in [0.25, 0.3) is 0 Å². The van der Waals surface area contributed by atoms with Crippen molar-refractivity contribution >= 4 is 15.9 Å². The molecule has 1 saturated heterocycles. The highest BCUT2D eigenvalue weighted by atomic mass is 79.9. The summed E-state index contributed by atoms with van der Waals surface area (Å²) in [4.78, 5) is 2.18. The first kappa shape index (κ1) is 14.8. The molecule has 0 spiro atoms. The van der Waals surface area contributed by atoms with Gasteiger partial charge in [0.15, 0.2) is 0 Å². The fourth-order valence-electron chi connectivity index (χ4n) is 2.44. The van der Waals surface area contributed by atoms with Crippen LogP contribution in [0.4, 0.5) is 4.39 Å². The molecule has 0 unspecified atom stereocenters. The first-order valence-corrected chi connectivity index (χ1v) is 7.48. The zero-order valence-corrected chi connectivity index (χ0v) is 12.7. The molecule has 1 N–H and O–H groups in total. The standard InChI is InChI=1S/C14H20BrFN2O/c1-2-19-14-4-3-11(15)9-12(14)13(10-16)18-7-5-17-6-8-18/h3-4,9,13,17H,2,5-8,10H2,1H3/t13-/m1/s1. The van der Waals surface area contributed by atoms with Gasteiger partial charge in [0.1, 0.15) is 12.4 Å². The van der Waals surface area contributed by atoms with E-state index in [-0.39, 0.29) is 6.04 Å². The van der Waals surface area contributed by atoms with E-state index >= 15 is 0 Å². The number of halogens is 2. The van der Waals surface area contributed by atoms with Gasteiger partial charge in [0.05, 0.1) is 12.6 Å². The Balaban J connectivity index is 2.27. The molecule has 1 aromatic rings. The molecule has 19 heavy (non-hydrogen) atoms. The molecular formula is C14H20BrFN2O. The Morgan fingerprint density at radius 2 is 2.16 bits per heavy atom. The second-order valence-corrected chi connectivity index (χ2v) is 5.49. The van der Waals surface area contributed by atoms with Crippen molar-refractivity contribution in [2.24, 2.45) is 0 Å². The van der Waals surface area contributed by atoms with Gasteiger partial charge < -0.3 is 10.1 Å². The minimum absolute atomic E-state index is 0.221. The summed E-state index contributed by atoms with van der Waals surface area (Å²) in [5.74, 6) is 0.784. The lowest BCUT2D eigenvalue weighted by atomic mass is 10.0. The van der Waals surface area contributed by atoms with Gasteiger partial charge in [-0.15, -0.1) is 0 Å². The van der Waals surface area contributed by atoms with Gasteiger partial charge in [-0.25, -0.2) is 4.39 Å². The van der Waals surface area contributed by atoms with E-state index in [1.165, 1.54) is 0 Å². The maximum Gasteiger partial charge on any atom is 0.124 e. The van der Waals surface area contributed by atoms with E-state index in [4.69, 9.17) is 4.74 Å². The van der Waals surface area contributed by atoms with Crippen LogP contribution in [0.3, 0.4) is 0 Å². The number of ether oxygens (including phenoxy) is 1. The molecule has 1 fully saturated rings. The molecule has 0 saturated carbocycles. The van der Waals surface area contributed by atoms with Gasteiger partial charge in [-0.05, 0) is 25.1 Å². The molecule has 1 aliphatic heterocycles. The van der Waals surface area contributed by atoms with Crippen LogP contribution in [-0.4, -0.2) is 44.4 Å². The van der Waals surface area contributed by atoms with E-state index in [0.29, 0.717) is 6.61 Å². The minimum atomic E-state index is -0.392. The van der Waals surface area contributed by atoms with Crippen molar-refractivity contribution in [3.63, 3.8) is 0 Å². The maximum absolute atomic E-state index is 13.5. The van der Waals surface area contributed by atoms with Crippen LogP contribution >= 0.6 is 15.9 Å². The van der Waals surface area contributed by atoms with Gasteiger partial charge in [-0.2, -0.15) is 0 Å². The minimum Gasteiger partial charge on any atom is -0.494 e. The highest BCUT2D eigenvalue weighted by Gasteiger charge is 2.25. The number of nitrogens with zero attached hydrogens (tertiary/aromatic N) is 1. The summed E-state index contributed by atoms with van der Waals surface area (Å²) >= 11 is 3.46. The Hall–Kier alpha value is -0.650. The first-order chi connectivity index (χ1) is 9.26. The van der Waals surface area contributed by atoms with Crippen LogP contribution < -0.4 is 10.1 Å². The van der Waals surface area contributed by atoms with Gasteiger partial charge in [-0.1, -0.05) is 15.9 Å². The lowest BCUT2D eigenvalue weighted by molar-refractivity contribution is 0.144. The zero-order valence-electron chi connectivity index (χ0n) is 11.2. The summed E-state index contributed by atoms with van der Waals surface area (Å²) in [6.45, 7) is 5.70. The number of hydrogen-bond donors (Lipinski definition) is 1. The number of nitrogens with one attached hydrogen (secondary N) is 1. The number of benzene rings is 1. The van der Waals surface area contributed by atoms with Crippen molar-refractivity contribution in [3.8, 4) is 5.75 Å². The molecule has 0 radical (unpaired) electrons. The molecule has 0 aromatic heterocycles. The van der Waals surface area contributed by atoms with Gasteiger partial charge in [0.25, 0.3) is 0 Å². The molecule has 2 rings (SSSR count). The molecule has 1 heterocycles. The van der Waals surface area contributed by atoms with Crippen LogP contribution in [0.5, 0.6) is 5.75 Å². The third-order valence-electron chi connectivity index (χ3n) is 3.37. The van der Waals surface area contributed by atoms with Crippen molar-refractivity contribution in [1.29, 1.82) is 0 Å². The summed E-state index contributed by atoms with van der Waals surface area (Å²) in [7, 11) is 0. The second-order valence-electron chi connectivity index (χ2n) is 4.57. The average Bonchev–Trinajstić information content (AvgIpc) is 2.44. The number of alkyl halides is 1. The largest absolute Gasteiger partial charge is 0.494 e. The third kappa shape index (κ3) is 3.68. The molecule has 0 bridgehead atoms. The molecule has 5 heteroatoms. The van der Waals surface area contributed by atoms with Crippen molar-refractivity contribution in [2.75, 3.05) is 39.5 Å². The van der Waals surface area contributed by atoms with Crippen LogP contribution in [0.1, 0.15) is 18.5 Å². The normalized spacial score (nSPS) is 18.3. The molecular weight excluding hydrogens is 311 g/mol. The topological polar surface area (TPSA) is 24.5 Å². The SMILES string of the molecule is CCOc1ccc(Br)cc1[C@@H](CF)N1CCNCC1. The Morgan fingerprint density at radius 3 is 2.79 bits per heavy atom. The molecule has 0 aliphatic carbocycles. The molecule has 0 amide bonds. The van der Waals surface area contributed by atoms with E-state index < -0.39 is 6.67 Å². The predicted octanol–water partition coefficient (Wildman–Crippen LogP) is 2.76. The lowest BCUT2D eigenvalue weighted by Gasteiger charge is -2.34. The van der Waals surface area contributed by atoms with Crippen LogP contribution in [0, 0.1) is 0 Å². The van der Waals surface area contributed by atoms with Crippen LogP contribution in [0.2, 0.25) is 0 Å². The molecule has 1 aromatic carbocycles. The van der Waals surface area contributed by atoms with Crippen molar-refractivity contribution in [1.82, 2.24) is 10.2 Å². The van der Waals surface area contributed by atoms with Gasteiger partial charge in [0, 0.05) is 36.2 Å². The lowest BCUT2D eigenvalue weighted by Crippen LogP contribution is -2.45. The molecule has 1 aliphatic rings. The highest BCUT2D eigenvalue weighted by Crippen LogP contribution is 2.32. The number of hydrogen-bond acceptors (Lipinski definition) is 3. The average molecular weight is 331 g/mol. The maximum atomic E-state index is 13.5. The van der Waals surface area contributed by atoms with Crippen LogP contribution in [0.15, 0.2) is 22.7 Å². The molecule has 106 valence electrons. The summed E-state index contributed by atoms with van der Waals surface area (Å²) < 4.78 is 20.1. The van der Waals surface area contributed by atoms with Crippen LogP contribution in [-0.2, 0) is 0 Å². The number of piperazine rings is 1. The van der Waals surface area contributed by atoms with E-state index in [1.807, 2.05) is 25.1 Å². The monoisotopic (exact) mass is 330 g/mol. The highest BCUT2D eigenvalue weighted by molar-refractivity contribution is 9.10. The van der Waals surface area contributed by atoms with E-state index in [9.17, 15) is 4.39 Å². The Bertz CT molecular complexity index is 410. The van der Waals surface area contributed by atoms with Crippen molar-refractivity contribution < 1.29 is 9.13 Å². The van der Waals surface area contributed by atoms with E-state index in [1.54, 1.807) is 0 Å². The summed E-state index contributed by atoms with van der Waals surface area (Å²) in [6.07, 6.45) is 0. The van der Waals surface area contributed by atoms with E-state index in [2.05, 4.69) is 26.1 Å². The number of rotatable bonds is 5. The van der Waals surface area contributed by atoms with Crippen molar-refractivity contribution in [2.45, 2.75) is 13.0 Å². The smallest absolute Gasteiger partial charge is 0.124 e. The summed E-state index contributed by atoms with van der Waals surface area (Å²) in [5, 5.41) is 3.29. The Morgan fingerprint density at radius 1 is 1.42 bits per heavy atom. The second kappa shape index (κ2) is 7.22. The molecule has 1 atom stereocenters. The van der Waals surface area contributed by atoms with Crippen molar-refractivity contribution in [3.05, 3.63) is 28.2 Å². The van der Waals surface area contributed by atoms with Gasteiger partial charge in [0.2, 0.25) is 0 Å². The Labute approximate surface area is 122 Å². The first-order valence-electron chi connectivity index (χ1n) is 6.69.